The Kier molecular flexibility index (Phi) is 8.64. The van der Waals surface area contributed by atoms with E-state index in [4.69, 9.17) is 0 Å². The smallest absolute Gasteiger partial charge is 0.222 e. The van der Waals surface area contributed by atoms with Crippen LogP contribution in [0.2, 0.25) is 0 Å². The lowest BCUT2D eigenvalue weighted by atomic mass is 10.2. The minimum atomic E-state index is 0.0927. The van der Waals surface area contributed by atoms with Gasteiger partial charge in [0.25, 0.3) is 0 Å². The molecule has 0 aromatic heterocycles. The van der Waals surface area contributed by atoms with Crippen molar-refractivity contribution in [2.24, 2.45) is 5.92 Å². The van der Waals surface area contributed by atoms with Gasteiger partial charge in [0.2, 0.25) is 5.91 Å². The van der Waals surface area contributed by atoms with Crippen molar-refractivity contribution in [1.82, 2.24) is 10.6 Å². The van der Waals surface area contributed by atoms with Crippen molar-refractivity contribution in [2.45, 2.75) is 40.0 Å². The van der Waals surface area contributed by atoms with Crippen molar-refractivity contribution >= 4 is 5.91 Å². The van der Waals surface area contributed by atoms with Crippen LogP contribution >= 0.6 is 0 Å². The Hall–Kier alpha value is -0.570. The van der Waals surface area contributed by atoms with Crippen LogP contribution in [0.25, 0.3) is 0 Å². The zero-order valence-electron chi connectivity index (χ0n) is 9.73. The van der Waals surface area contributed by atoms with E-state index in [1.54, 1.807) is 0 Å². The number of carbonyl (C=O) groups is 1. The van der Waals surface area contributed by atoms with Gasteiger partial charge in [-0.25, -0.2) is 0 Å². The Morgan fingerprint density at radius 3 is 2.43 bits per heavy atom. The van der Waals surface area contributed by atoms with Crippen molar-refractivity contribution in [3.8, 4) is 0 Å². The minimum absolute atomic E-state index is 0.0927. The summed E-state index contributed by atoms with van der Waals surface area (Å²) in [7, 11) is 0. The second-order valence-electron chi connectivity index (χ2n) is 3.90. The van der Waals surface area contributed by atoms with E-state index >= 15 is 0 Å². The van der Waals surface area contributed by atoms with E-state index in [1.807, 2.05) is 13.8 Å². The average Bonchev–Trinajstić information content (AvgIpc) is 2.16. The number of hydrogen-bond donors (Lipinski definition) is 2. The molecule has 0 radical (unpaired) electrons. The number of unbranched alkanes of at least 4 members (excludes halogenated alkanes) is 2. The fourth-order valence-electron chi connectivity index (χ4n) is 1.10. The maximum atomic E-state index is 11.1. The topological polar surface area (TPSA) is 41.1 Å². The van der Waals surface area contributed by atoms with Gasteiger partial charge in [-0.05, 0) is 13.0 Å². The number of hydrogen-bond acceptors (Lipinski definition) is 2. The molecular weight excluding hydrogens is 176 g/mol. The first-order valence-corrected chi connectivity index (χ1v) is 5.67. The van der Waals surface area contributed by atoms with Crippen LogP contribution in [0.3, 0.4) is 0 Å². The van der Waals surface area contributed by atoms with E-state index in [-0.39, 0.29) is 11.8 Å². The molecule has 14 heavy (non-hydrogen) atoms. The monoisotopic (exact) mass is 200 g/mol. The second kappa shape index (κ2) is 9.00. The zero-order chi connectivity index (χ0) is 10.8. The van der Waals surface area contributed by atoms with Crippen LogP contribution in [-0.4, -0.2) is 25.5 Å². The summed E-state index contributed by atoms with van der Waals surface area (Å²) in [4.78, 5) is 11.1. The van der Waals surface area contributed by atoms with Crippen molar-refractivity contribution in [1.29, 1.82) is 0 Å². The predicted octanol–water partition coefficient (Wildman–Crippen LogP) is 1.54. The van der Waals surface area contributed by atoms with Gasteiger partial charge in [0.15, 0.2) is 0 Å². The molecule has 2 N–H and O–H groups in total. The standard InChI is InChI=1S/C11H24N2O/c1-4-5-6-7-12-8-9-13-11(14)10(2)3/h10,12H,4-9H2,1-3H3,(H,13,14). The van der Waals surface area contributed by atoms with Crippen LogP contribution in [0.15, 0.2) is 0 Å². The van der Waals surface area contributed by atoms with Gasteiger partial charge in [0, 0.05) is 19.0 Å². The molecule has 3 nitrogen and oxygen atoms in total. The third-order valence-electron chi connectivity index (χ3n) is 2.08. The summed E-state index contributed by atoms with van der Waals surface area (Å²) < 4.78 is 0. The Morgan fingerprint density at radius 1 is 1.14 bits per heavy atom. The van der Waals surface area contributed by atoms with Gasteiger partial charge >= 0.3 is 0 Å². The van der Waals surface area contributed by atoms with E-state index in [0.29, 0.717) is 0 Å². The predicted molar refractivity (Wildman–Crippen MR) is 60.2 cm³/mol. The van der Waals surface area contributed by atoms with E-state index in [0.717, 1.165) is 19.6 Å². The normalized spacial score (nSPS) is 10.6. The van der Waals surface area contributed by atoms with Gasteiger partial charge in [0.1, 0.15) is 0 Å². The lowest BCUT2D eigenvalue weighted by Gasteiger charge is -2.08. The molecule has 0 atom stereocenters. The molecule has 0 saturated heterocycles. The summed E-state index contributed by atoms with van der Waals surface area (Å²) in [5, 5.41) is 6.17. The fraction of sp³-hybridized carbons (Fsp3) is 0.909. The minimum Gasteiger partial charge on any atom is -0.355 e. The van der Waals surface area contributed by atoms with Gasteiger partial charge in [0.05, 0.1) is 0 Å². The van der Waals surface area contributed by atoms with Gasteiger partial charge in [-0.1, -0.05) is 33.6 Å². The average molecular weight is 200 g/mol. The molecule has 0 rings (SSSR count). The lowest BCUT2D eigenvalue weighted by Crippen LogP contribution is -2.34. The fourth-order valence-corrected chi connectivity index (χ4v) is 1.10. The maximum absolute atomic E-state index is 11.1. The van der Waals surface area contributed by atoms with E-state index in [1.165, 1.54) is 19.3 Å². The summed E-state index contributed by atoms with van der Waals surface area (Å²) >= 11 is 0. The SMILES string of the molecule is CCCCCNCCNC(=O)C(C)C. The molecule has 0 bridgehead atoms. The lowest BCUT2D eigenvalue weighted by molar-refractivity contribution is -0.123. The van der Waals surface area contributed by atoms with Gasteiger partial charge < -0.3 is 10.6 Å². The third kappa shape index (κ3) is 8.05. The molecule has 0 aromatic rings. The largest absolute Gasteiger partial charge is 0.355 e. The Labute approximate surface area is 87.6 Å². The molecular formula is C11H24N2O. The summed E-state index contributed by atoms with van der Waals surface area (Å²) in [6, 6.07) is 0. The highest BCUT2D eigenvalue weighted by atomic mass is 16.1. The molecule has 0 spiro atoms. The van der Waals surface area contributed by atoms with Crippen LogP contribution in [-0.2, 0) is 4.79 Å². The Morgan fingerprint density at radius 2 is 1.86 bits per heavy atom. The van der Waals surface area contributed by atoms with Gasteiger partial charge in [-0.3, -0.25) is 4.79 Å². The van der Waals surface area contributed by atoms with Crippen LogP contribution in [0.4, 0.5) is 0 Å². The van der Waals surface area contributed by atoms with Crippen LogP contribution in [0, 0.1) is 5.92 Å². The van der Waals surface area contributed by atoms with Crippen LogP contribution in [0.1, 0.15) is 40.0 Å². The molecule has 0 unspecified atom stereocenters. The van der Waals surface area contributed by atoms with Gasteiger partial charge in [-0.15, -0.1) is 0 Å². The Bertz CT molecular complexity index is 146. The number of carbonyl (C=O) groups excluding carboxylic acids is 1. The van der Waals surface area contributed by atoms with E-state index in [9.17, 15) is 4.79 Å². The highest BCUT2D eigenvalue weighted by molar-refractivity contribution is 5.77. The first-order chi connectivity index (χ1) is 6.68. The quantitative estimate of drug-likeness (QED) is 0.584. The third-order valence-corrected chi connectivity index (χ3v) is 2.08. The summed E-state index contributed by atoms with van der Waals surface area (Å²) in [5.74, 6) is 0.232. The molecule has 0 aromatic carbocycles. The first-order valence-electron chi connectivity index (χ1n) is 5.67. The molecule has 0 saturated carbocycles. The molecule has 0 aliphatic carbocycles. The highest BCUT2D eigenvalue weighted by Gasteiger charge is 2.03. The second-order valence-corrected chi connectivity index (χ2v) is 3.90. The van der Waals surface area contributed by atoms with E-state index < -0.39 is 0 Å². The van der Waals surface area contributed by atoms with Crippen molar-refractivity contribution in [3.05, 3.63) is 0 Å². The maximum Gasteiger partial charge on any atom is 0.222 e. The van der Waals surface area contributed by atoms with Crippen molar-refractivity contribution in [2.75, 3.05) is 19.6 Å². The summed E-state index contributed by atoms with van der Waals surface area (Å²) in [6.07, 6.45) is 3.77. The molecule has 3 heteroatoms. The number of nitrogens with one attached hydrogen (secondary N) is 2. The molecule has 1 amide bonds. The molecule has 0 aliphatic rings. The molecule has 84 valence electrons. The van der Waals surface area contributed by atoms with E-state index in [2.05, 4.69) is 17.6 Å². The molecule has 0 aliphatic heterocycles. The molecule has 0 fully saturated rings. The number of amides is 1. The van der Waals surface area contributed by atoms with Gasteiger partial charge in [-0.2, -0.15) is 0 Å². The molecule has 0 heterocycles. The summed E-state index contributed by atoms with van der Waals surface area (Å²) in [5.41, 5.74) is 0. The zero-order valence-corrected chi connectivity index (χ0v) is 9.73. The number of rotatable bonds is 8. The van der Waals surface area contributed by atoms with Crippen molar-refractivity contribution in [3.63, 3.8) is 0 Å². The van der Waals surface area contributed by atoms with Crippen LogP contribution in [0.5, 0.6) is 0 Å². The van der Waals surface area contributed by atoms with Crippen LogP contribution < -0.4 is 10.6 Å². The Balaban J connectivity index is 3.10. The van der Waals surface area contributed by atoms with Crippen molar-refractivity contribution < 1.29 is 4.79 Å². The first kappa shape index (κ1) is 13.4. The highest BCUT2D eigenvalue weighted by Crippen LogP contribution is 1.91. The summed E-state index contributed by atoms with van der Waals surface area (Å²) in [6.45, 7) is 8.69.